The lowest BCUT2D eigenvalue weighted by atomic mass is 9.99. The first-order chi connectivity index (χ1) is 29.3. The molecule has 0 aliphatic heterocycles. The van der Waals surface area contributed by atoms with E-state index in [4.69, 9.17) is 14.2 Å². The molecule has 0 aromatic carbocycles. The van der Waals surface area contributed by atoms with Crippen molar-refractivity contribution in [3.8, 4) is 0 Å². The van der Waals surface area contributed by atoms with Crippen molar-refractivity contribution >= 4 is 17.9 Å². The number of ether oxygens (including phenoxy) is 3. The average molecular weight is 849 g/mol. The molecule has 356 valence electrons. The number of esters is 3. The molecule has 0 aliphatic rings. The lowest BCUT2D eigenvalue weighted by molar-refractivity contribution is -0.167. The molecule has 0 saturated heterocycles. The summed E-state index contributed by atoms with van der Waals surface area (Å²) in [4.78, 5) is 37.9. The summed E-state index contributed by atoms with van der Waals surface area (Å²) in [5, 5.41) is 0. The fraction of sp³-hybridized carbons (Fsp3) is 0.944. The van der Waals surface area contributed by atoms with E-state index in [1.807, 2.05) is 0 Å². The molecular weight excluding hydrogens is 745 g/mol. The molecule has 0 bridgehead atoms. The van der Waals surface area contributed by atoms with E-state index >= 15 is 0 Å². The van der Waals surface area contributed by atoms with Gasteiger partial charge in [-0.1, -0.05) is 259 Å². The van der Waals surface area contributed by atoms with Crippen LogP contribution in [-0.4, -0.2) is 37.2 Å². The van der Waals surface area contributed by atoms with Crippen LogP contribution in [0.5, 0.6) is 0 Å². The molecule has 0 spiro atoms. The average Bonchev–Trinajstić information content (AvgIpc) is 3.23. The van der Waals surface area contributed by atoms with Crippen LogP contribution in [0.3, 0.4) is 0 Å². The highest BCUT2D eigenvalue weighted by atomic mass is 16.6. The van der Waals surface area contributed by atoms with E-state index in [0.717, 1.165) is 69.6 Å². The molecule has 6 heteroatoms. The minimum atomic E-state index is -0.761. The standard InChI is InChI=1S/C54H104O6/c1-6-8-9-10-11-12-24-29-34-39-44-52(55)58-47-51(60-54(57)46-41-36-31-26-21-20-23-28-33-38-43-50(5)7-2)48-59-53(56)45-40-35-30-25-19-17-15-13-14-16-18-22-27-32-37-42-49(3)4/h49-51H,6-48H2,1-5H3/t50?,51-/m0/s1. The van der Waals surface area contributed by atoms with Gasteiger partial charge in [-0.3, -0.25) is 14.4 Å². The van der Waals surface area contributed by atoms with E-state index in [1.54, 1.807) is 0 Å². The lowest BCUT2D eigenvalue weighted by Gasteiger charge is -2.18. The van der Waals surface area contributed by atoms with Crippen molar-refractivity contribution in [2.45, 2.75) is 304 Å². The monoisotopic (exact) mass is 849 g/mol. The van der Waals surface area contributed by atoms with Crippen LogP contribution in [0.2, 0.25) is 0 Å². The van der Waals surface area contributed by atoms with Crippen LogP contribution in [0.15, 0.2) is 0 Å². The van der Waals surface area contributed by atoms with Crippen molar-refractivity contribution < 1.29 is 28.6 Å². The molecule has 0 rings (SSSR count). The van der Waals surface area contributed by atoms with Crippen LogP contribution in [0, 0.1) is 11.8 Å². The highest BCUT2D eigenvalue weighted by molar-refractivity contribution is 5.71. The fourth-order valence-electron chi connectivity index (χ4n) is 8.13. The number of carbonyl (C=O) groups is 3. The summed E-state index contributed by atoms with van der Waals surface area (Å²) in [6.07, 6.45) is 48.0. The zero-order chi connectivity index (χ0) is 44.0. The summed E-state index contributed by atoms with van der Waals surface area (Å²) in [7, 11) is 0. The molecular formula is C54H104O6. The molecule has 0 radical (unpaired) electrons. The van der Waals surface area contributed by atoms with Crippen LogP contribution >= 0.6 is 0 Å². The smallest absolute Gasteiger partial charge is 0.306 e. The Kier molecular flexibility index (Phi) is 45.7. The molecule has 0 aromatic rings. The maximum atomic E-state index is 12.8. The predicted octanol–water partition coefficient (Wildman–Crippen LogP) is 17.3. The largest absolute Gasteiger partial charge is 0.462 e. The van der Waals surface area contributed by atoms with Crippen molar-refractivity contribution in [3.63, 3.8) is 0 Å². The van der Waals surface area contributed by atoms with Gasteiger partial charge in [-0.15, -0.1) is 0 Å². The van der Waals surface area contributed by atoms with Gasteiger partial charge >= 0.3 is 17.9 Å². The van der Waals surface area contributed by atoms with Gasteiger partial charge in [-0.05, 0) is 31.1 Å². The second-order valence-electron chi connectivity index (χ2n) is 19.2. The minimum Gasteiger partial charge on any atom is -0.462 e. The van der Waals surface area contributed by atoms with Crippen LogP contribution < -0.4 is 0 Å². The van der Waals surface area contributed by atoms with Crippen molar-refractivity contribution in [1.82, 2.24) is 0 Å². The third-order valence-electron chi connectivity index (χ3n) is 12.6. The Morgan fingerprint density at radius 3 is 0.950 bits per heavy atom. The first-order valence-electron chi connectivity index (χ1n) is 26.8. The molecule has 0 fully saturated rings. The number of hydrogen-bond donors (Lipinski definition) is 0. The van der Waals surface area contributed by atoms with Crippen molar-refractivity contribution in [2.24, 2.45) is 11.8 Å². The Hall–Kier alpha value is -1.59. The second kappa shape index (κ2) is 46.9. The summed E-state index contributed by atoms with van der Waals surface area (Å²) in [5.74, 6) is 0.869. The van der Waals surface area contributed by atoms with E-state index in [9.17, 15) is 14.4 Å². The maximum absolute atomic E-state index is 12.8. The summed E-state index contributed by atoms with van der Waals surface area (Å²) in [6.45, 7) is 11.4. The van der Waals surface area contributed by atoms with E-state index in [-0.39, 0.29) is 31.1 Å². The maximum Gasteiger partial charge on any atom is 0.306 e. The second-order valence-corrected chi connectivity index (χ2v) is 19.2. The Morgan fingerprint density at radius 1 is 0.350 bits per heavy atom. The van der Waals surface area contributed by atoms with Crippen molar-refractivity contribution in [3.05, 3.63) is 0 Å². The van der Waals surface area contributed by atoms with Crippen LogP contribution in [0.1, 0.15) is 298 Å². The molecule has 0 aromatic heterocycles. The van der Waals surface area contributed by atoms with E-state index < -0.39 is 6.10 Å². The summed E-state index contributed by atoms with van der Waals surface area (Å²) in [5.41, 5.74) is 0. The molecule has 1 unspecified atom stereocenters. The van der Waals surface area contributed by atoms with Crippen LogP contribution in [-0.2, 0) is 28.6 Å². The van der Waals surface area contributed by atoms with Crippen LogP contribution in [0.4, 0.5) is 0 Å². The van der Waals surface area contributed by atoms with E-state index in [0.29, 0.717) is 19.3 Å². The van der Waals surface area contributed by atoms with E-state index in [2.05, 4.69) is 34.6 Å². The quantitative estimate of drug-likeness (QED) is 0.0345. The Bertz CT molecular complexity index is 918. The van der Waals surface area contributed by atoms with Gasteiger partial charge in [0.15, 0.2) is 6.10 Å². The first-order valence-corrected chi connectivity index (χ1v) is 26.8. The highest BCUT2D eigenvalue weighted by Gasteiger charge is 2.19. The van der Waals surface area contributed by atoms with Gasteiger partial charge in [0.1, 0.15) is 13.2 Å². The Morgan fingerprint density at radius 2 is 0.633 bits per heavy atom. The molecule has 0 N–H and O–H groups in total. The Labute approximate surface area is 374 Å². The molecule has 0 amide bonds. The SMILES string of the molecule is CCCCCCCCCCCCC(=O)OC[C@@H](COC(=O)CCCCCCCCCCCCCCCCCC(C)C)OC(=O)CCCCCCCCCCCCC(C)CC. The summed E-state index contributed by atoms with van der Waals surface area (Å²) >= 11 is 0. The van der Waals surface area contributed by atoms with Gasteiger partial charge in [0.2, 0.25) is 0 Å². The zero-order valence-corrected chi connectivity index (χ0v) is 41.1. The molecule has 0 saturated carbocycles. The molecule has 0 aliphatic carbocycles. The topological polar surface area (TPSA) is 78.9 Å². The number of hydrogen-bond acceptors (Lipinski definition) is 6. The normalized spacial score (nSPS) is 12.5. The van der Waals surface area contributed by atoms with Gasteiger partial charge in [-0.25, -0.2) is 0 Å². The van der Waals surface area contributed by atoms with Gasteiger partial charge in [0, 0.05) is 19.3 Å². The number of rotatable bonds is 48. The van der Waals surface area contributed by atoms with Crippen molar-refractivity contribution in [1.29, 1.82) is 0 Å². The highest BCUT2D eigenvalue weighted by Crippen LogP contribution is 2.18. The number of carbonyl (C=O) groups excluding carboxylic acids is 3. The van der Waals surface area contributed by atoms with Crippen molar-refractivity contribution in [2.75, 3.05) is 13.2 Å². The van der Waals surface area contributed by atoms with Gasteiger partial charge in [-0.2, -0.15) is 0 Å². The minimum absolute atomic E-state index is 0.0635. The van der Waals surface area contributed by atoms with Gasteiger partial charge < -0.3 is 14.2 Å². The first kappa shape index (κ1) is 58.4. The zero-order valence-electron chi connectivity index (χ0n) is 41.1. The van der Waals surface area contributed by atoms with E-state index in [1.165, 1.54) is 186 Å². The summed E-state index contributed by atoms with van der Waals surface area (Å²) < 4.78 is 16.8. The molecule has 60 heavy (non-hydrogen) atoms. The molecule has 2 atom stereocenters. The third-order valence-corrected chi connectivity index (χ3v) is 12.6. The number of unbranched alkanes of at least 4 members (excludes halogenated alkanes) is 32. The summed E-state index contributed by atoms with van der Waals surface area (Å²) in [6, 6.07) is 0. The Balaban J connectivity index is 4.26. The van der Waals surface area contributed by atoms with Crippen LogP contribution in [0.25, 0.3) is 0 Å². The van der Waals surface area contributed by atoms with Gasteiger partial charge in [0.05, 0.1) is 0 Å². The predicted molar refractivity (Wildman–Crippen MR) is 256 cm³/mol. The lowest BCUT2D eigenvalue weighted by Crippen LogP contribution is -2.30. The fourth-order valence-corrected chi connectivity index (χ4v) is 8.13. The molecule has 0 heterocycles. The third kappa shape index (κ3) is 45.9. The van der Waals surface area contributed by atoms with Gasteiger partial charge in [0.25, 0.3) is 0 Å². The molecule has 6 nitrogen and oxygen atoms in total.